The van der Waals surface area contributed by atoms with Crippen LogP contribution in [0.15, 0.2) is 24.3 Å². The maximum Gasteiger partial charge on any atom is 0.265 e. The number of nitrogen functional groups attached to an aromatic ring is 2. The normalized spacial score (nSPS) is 14.1. The van der Waals surface area contributed by atoms with Gasteiger partial charge in [0, 0.05) is 11.8 Å². The molecule has 5 N–H and O–H groups in total. The fourth-order valence-corrected chi connectivity index (χ4v) is 2.02. The SMILES string of the molecule is Nc1ccc2c(c1)N(Cc1cc(N)n[nH]1)C(=O)CO2. The monoisotopic (exact) mass is 259 g/mol. The molecule has 0 bridgehead atoms. The highest BCUT2D eigenvalue weighted by Gasteiger charge is 2.26. The number of hydrogen-bond acceptors (Lipinski definition) is 5. The van der Waals surface area contributed by atoms with Crippen molar-refractivity contribution in [3.05, 3.63) is 30.0 Å². The molecule has 0 aliphatic carbocycles. The Bertz CT molecular complexity index is 637. The molecule has 0 spiro atoms. The van der Waals surface area contributed by atoms with Crippen LogP contribution in [-0.2, 0) is 11.3 Å². The Balaban J connectivity index is 1.96. The number of carbonyl (C=O) groups excluding carboxylic acids is 1. The summed E-state index contributed by atoms with van der Waals surface area (Å²) in [5.74, 6) is 0.899. The summed E-state index contributed by atoms with van der Waals surface area (Å²) in [6.07, 6.45) is 0. The van der Waals surface area contributed by atoms with Gasteiger partial charge in [0.15, 0.2) is 6.61 Å². The first-order valence-corrected chi connectivity index (χ1v) is 5.76. The molecule has 2 heterocycles. The molecule has 0 saturated carbocycles. The average molecular weight is 259 g/mol. The van der Waals surface area contributed by atoms with E-state index in [1.54, 1.807) is 29.2 Å². The Morgan fingerprint density at radius 1 is 1.37 bits per heavy atom. The van der Waals surface area contributed by atoms with Crippen LogP contribution in [0.2, 0.25) is 0 Å². The van der Waals surface area contributed by atoms with Crippen molar-refractivity contribution in [2.45, 2.75) is 6.54 Å². The molecule has 0 atom stereocenters. The van der Waals surface area contributed by atoms with Crippen molar-refractivity contribution in [1.82, 2.24) is 10.2 Å². The van der Waals surface area contributed by atoms with Crippen molar-refractivity contribution in [2.24, 2.45) is 0 Å². The van der Waals surface area contributed by atoms with Crippen molar-refractivity contribution in [3.63, 3.8) is 0 Å². The fraction of sp³-hybridized carbons (Fsp3) is 0.167. The molecular weight excluding hydrogens is 246 g/mol. The van der Waals surface area contributed by atoms with Gasteiger partial charge in [-0.15, -0.1) is 0 Å². The number of rotatable bonds is 2. The lowest BCUT2D eigenvalue weighted by Gasteiger charge is -2.29. The summed E-state index contributed by atoms with van der Waals surface area (Å²) in [7, 11) is 0. The van der Waals surface area contributed by atoms with Crippen molar-refractivity contribution in [2.75, 3.05) is 23.0 Å². The van der Waals surface area contributed by atoms with Crippen molar-refractivity contribution in [3.8, 4) is 5.75 Å². The Labute approximate surface area is 109 Å². The summed E-state index contributed by atoms with van der Waals surface area (Å²) < 4.78 is 5.37. The molecule has 1 aromatic carbocycles. The van der Waals surface area contributed by atoms with Gasteiger partial charge in [-0.1, -0.05) is 0 Å². The lowest BCUT2D eigenvalue weighted by atomic mass is 10.2. The number of benzene rings is 1. The molecule has 2 aromatic rings. The van der Waals surface area contributed by atoms with Crippen molar-refractivity contribution in [1.29, 1.82) is 0 Å². The molecule has 19 heavy (non-hydrogen) atoms. The van der Waals surface area contributed by atoms with Crippen LogP contribution in [-0.4, -0.2) is 22.7 Å². The van der Waals surface area contributed by atoms with Gasteiger partial charge in [0.25, 0.3) is 5.91 Å². The highest BCUT2D eigenvalue weighted by molar-refractivity contribution is 5.98. The minimum Gasteiger partial charge on any atom is -0.482 e. The summed E-state index contributed by atoms with van der Waals surface area (Å²) in [5.41, 5.74) is 13.3. The second-order valence-corrected chi connectivity index (χ2v) is 4.31. The maximum atomic E-state index is 12.0. The van der Waals surface area contributed by atoms with E-state index < -0.39 is 0 Å². The highest BCUT2D eigenvalue weighted by Crippen LogP contribution is 2.34. The van der Waals surface area contributed by atoms with Gasteiger partial charge in [-0.2, -0.15) is 5.10 Å². The van der Waals surface area contributed by atoms with Gasteiger partial charge in [-0.05, 0) is 18.2 Å². The quantitative estimate of drug-likeness (QED) is 0.680. The number of nitrogens with zero attached hydrogens (tertiary/aromatic N) is 2. The van der Waals surface area contributed by atoms with Crippen LogP contribution in [0.25, 0.3) is 0 Å². The van der Waals surface area contributed by atoms with Crippen molar-refractivity contribution < 1.29 is 9.53 Å². The number of hydrogen-bond donors (Lipinski definition) is 3. The lowest BCUT2D eigenvalue weighted by Crippen LogP contribution is -2.38. The predicted molar refractivity (Wildman–Crippen MR) is 70.5 cm³/mol. The van der Waals surface area contributed by atoms with E-state index in [0.717, 1.165) is 5.69 Å². The highest BCUT2D eigenvalue weighted by atomic mass is 16.5. The number of anilines is 3. The van der Waals surface area contributed by atoms with E-state index in [2.05, 4.69) is 10.2 Å². The van der Waals surface area contributed by atoms with E-state index in [4.69, 9.17) is 16.2 Å². The number of amides is 1. The van der Waals surface area contributed by atoms with Crippen LogP contribution >= 0.6 is 0 Å². The molecule has 7 heteroatoms. The van der Waals surface area contributed by atoms with Gasteiger partial charge < -0.3 is 16.2 Å². The number of H-pyrrole nitrogens is 1. The summed E-state index contributed by atoms with van der Waals surface area (Å²) in [5, 5.41) is 6.62. The summed E-state index contributed by atoms with van der Waals surface area (Å²) in [4.78, 5) is 13.6. The third-order valence-corrected chi connectivity index (χ3v) is 2.91. The van der Waals surface area contributed by atoms with Gasteiger partial charge in [-0.3, -0.25) is 14.8 Å². The van der Waals surface area contributed by atoms with E-state index in [0.29, 0.717) is 29.5 Å². The van der Waals surface area contributed by atoms with E-state index in [-0.39, 0.29) is 12.5 Å². The molecule has 1 aliphatic rings. The smallest absolute Gasteiger partial charge is 0.265 e. The van der Waals surface area contributed by atoms with Crippen LogP contribution in [0.4, 0.5) is 17.2 Å². The van der Waals surface area contributed by atoms with Gasteiger partial charge in [0.05, 0.1) is 17.9 Å². The number of carbonyl (C=O) groups is 1. The summed E-state index contributed by atoms with van der Waals surface area (Å²) in [6, 6.07) is 6.90. The molecule has 98 valence electrons. The second-order valence-electron chi connectivity index (χ2n) is 4.31. The number of nitrogens with one attached hydrogen (secondary N) is 1. The third kappa shape index (κ3) is 2.05. The largest absolute Gasteiger partial charge is 0.482 e. The van der Waals surface area contributed by atoms with E-state index in [1.807, 2.05) is 0 Å². The number of aromatic amines is 1. The molecule has 0 unspecified atom stereocenters. The second kappa shape index (κ2) is 4.20. The number of ether oxygens (including phenoxy) is 1. The molecular formula is C12H13N5O2. The number of nitrogens with two attached hydrogens (primary N) is 2. The zero-order chi connectivity index (χ0) is 13.4. The van der Waals surface area contributed by atoms with Crippen LogP contribution < -0.4 is 21.1 Å². The minimum atomic E-state index is -0.133. The average Bonchev–Trinajstić information content (AvgIpc) is 2.79. The standard InChI is InChI=1S/C12H13N5O2/c13-7-1-2-10-9(3-7)17(12(18)6-19-10)5-8-4-11(14)16-15-8/h1-4H,5-6,13H2,(H3,14,15,16). The van der Waals surface area contributed by atoms with E-state index in [1.165, 1.54) is 0 Å². The molecule has 0 saturated heterocycles. The third-order valence-electron chi connectivity index (χ3n) is 2.91. The predicted octanol–water partition coefficient (Wildman–Crippen LogP) is 0.500. The maximum absolute atomic E-state index is 12.0. The molecule has 1 aromatic heterocycles. The summed E-state index contributed by atoms with van der Waals surface area (Å²) >= 11 is 0. The van der Waals surface area contributed by atoms with Crippen LogP contribution in [0.1, 0.15) is 5.69 Å². The van der Waals surface area contributed by atoms with Crippen LogP contribution in [0.5, 0.6) is 5.75 Å². The Hall–Kier alpha value is -2.70. The molecule has 0 fully saturated rings. The zero-order valence-corrected chi connectivity index (χ0v) is 10.1. The Morgan fingerprint density at radius 3 is 2.95 bits per heavy atom. The zero-order valence-electron chi connectivity index (χ0n) is 10.1. The van der Waals surface area contributed by atoms with Crippen molar-refractivity contribution >= 4 is 23.1 Å². The van der Waals surface area contributed by atoms with Gasteiger partial charge in [0.1, 0.15) is 11.6 Å². The summed E-state index contributed by atoms with van der Waals surface area (Å²) in [6.45, 7) is 0.364. The Kier molecular flexibility index (Phi) is 2.52. The van der Waals surface area contributed by atoms with Gasteiger partial charge in [-0.25, -0.2) is 0 Å². The number of aromatic nitrogens is 2. The number of fused-ring (bicyclic) bond motifs is 1. The first kappa shape index (κ1) is 11.4. The van der Waals surface area contributed by atoms with Crippen LogP contribution in [0.3, 0.4) is 0 Å². The van der Waals surface area contributed by atoms with Gasteiger partial charge >= 0.3 is 0 Å². The topological polar surface area (TPSA) is 110 Å². The molecule has 1 aliphatic heterocycles. The molecule has 7 nitrogen and oxygen atoms in total. The van der Waals surface area contributed by atoms with Gasteiger partial charge in [0.2, 0.25) is 0 Å². The van der Waals surface area contributed by atoms with E-state index in [9.17, 15) is 4.79 Å². The first-order chi connectivity index (χ1) is 9.13. The molecule has 0 radical (unpaired) electrons. The first-order valence-electron chi connectivity index (χ1n) is 5.76. The lowest BCUT2D eigenvalue weighted by molar-refractivity contribution is -0.121. The van der Waals surface area contributed by atoms with Crippen LogP contribution in [0, 0.1) is 0 Å². The minimum absolute atomic E-state index is 0.0144. The fourth-order valence-electron chi connectivity index (χ4n) is 2.02. The van der Waals surface area contributed by atoms with E-state index >= 15 is 0 Å². The molecule has 3 rings (SSSR count). The molecule has 1 amide bonds. The Morgan fingerprint density at radius 2 is 2.21 bits per heavy atom.